The monoisotopic (exact) mass is 229 g/mol. The van der Waals surface area contributed by atoms with Crippen LogP contribution < -0.4 is 5.73 Å². The van der Waals surface area contributed by atoms with Crippen molar-refractivity contribution >= 4 is 11.7 Å². The first-order chi connectivity index (χ1) is 7.41. The molecule has 0 bridgehead atoms. The van der Waals surface area contributed by atoms with Crippen LogP contribution in [0.3, 0.4) is 0 Å². The molecule has 1 aromatic carbocycles. The highest BCUT2D eigenvalue weighted by Crippen LogP contribution is 2.25. The largest absolute Gasteiger partial charge is 0.481 e. The minimum Gasteiger partial charge on any atom is -0.481 e. The van der Waals surface area contributed by atoms with Crippen LogP contribution in [0.4, 0.5) is 10.1 Å². The maximum Gasteiger partial charge on any atom is 0.306 e. The van der Waals surface area contributed by atoms with E-state index in [2.05, 4.69) is 0 Å². The zero-order chi connectivity index (χ0) is 12.3. The number of benzene rings is 1. The van der Waals surface area contributed by atoms with Gasteiger partial charge in [0.05, 0.1) is 12.5 Å². The van der Waals surface area contributed by atoms with Gasteiger partial charge in [0.2, 0.25) is 0 Å². The number of carboxylic acid groups (broad SMARTS) is 1. The Labute approximate surface area is 90.9 Å². The van der Waals surface area contributed by atoms with E-state index in [9.17, 15) is 19.4 Å². The summed E-state index contributed by atoms with van der Waals surface area (Å²) in [5, 5.41) is 27.4. The summed E-state index contributed by atoms with van der Waals surface area (Å²) in [4.78, 5) is 10.3. The summed E-state index contributed by atoms with van der Waals surface area (Å²) in [5.74, 6) is -1.88. The minimum atomic E-state index is -1.53. The van der Waals surface area contributed by atoms with E-state index in [1.54, 1.807) is 0 Å². The first-order valence-electron chi connectivity index (χ1n) is 4.54. The van der Waals surface area contributed by atoms with Gasteiger partial charge in [0.1, 0.15) is 11.9 Å². The number of aliphatic hydroxyl groups is 2. The quantitative estimate of drug-likeness (QED) is 0.555. The van der Waals surface area contributed by atoms with E-state index in [0.717, 1.165) is 12.1 Å². The molecular weight excluding hydrogens is 217 g/mol. The second kappa shape index (κ2) is 4.91. The number of aliphatic hydroxyl groups excluding tert-OH is 2. The van der Waals surface area contributed by atoms with Gasteiger partial charge in [-0.05, 0) is 18.2 Å². The van der Waals surface area contributed by atoms with E-state index in [1.807, 2.05) is 0 Å². The molecule has 0 fully saturated rings. The lowest BCUT2D eigenvalue weighted by atomic mass is 10.0. The summed E-state index contributed by atoms with van der Waals surface area (Å²) < 4.78 is 12.9. The molecule has 0 saturated heterocycles. The lowest BCUT2D eigenvalue weighted by molar-refractivity contribution is -0.141. The Morgan fingerprint density at radius 3 is 2.62 bits per heavy atom. The number of anilines is 1. The Kier molecular flexibility index (Phi) is 3.81. The predicted octanol–water partition coefficient (Wildman–Crippen LogP) is 0.277. The standard InChI is InChI=1S/C10H12FNO4/c11-5-1-2-7(12)6(3-5)10(16)8(13)4-9(14)15/h1-3,8,10,13,16H,4,12H2,(H,14,15). The molecule has 0 radical (unpaired) electrons. The second-order valence-electron chi connectivity index (χ2n) is 3.38. The predicted molar refractivity (Wildman–Crippen MR) is 54.0 cm³/mol. The van der Waals surface area contributed by atoms with Gasteiger partial charge >= 0.3 is 5.97 Å². The lowest BCUT2D eigenvalue weighted by Gasteiger charge is -2.18. The fourth-order valence-electron chi connectivity index (χ4n) is 1.30. The normalized spacial score (nSPS) is 14.4. The van der Waals surface area contributed by atoms with Gasteiger partial charge < -0.3 is 21.1 Å². The molecule has 0 spiro atoms. The molecule has 5 N–H and O–H groups in total. The third-order valence-electron chi connectivity index (χ3n) is 2.12. The molecule has 1 rings (SSSR count). The number of rotatable bonds is 4. The number of aliphatic carboxylic acids is 1. The molecule has 0 aliphatic rings. The van der Waals surface area contributed by atoms with E-state index < -0.39 is 30.4 Å². The van der Waals surface area contributed by atoms with Gasteiger partial charge in [-0.25, -0.2) is 4.39 Å². The van der Waals surface area contributed by atoms with Crippen LogP contribution in [0.25, 0.3) is 0 Å². The van der Waals surface area contributed by atoms with Crippen molar-refractivity contribution in [2.45, 2.75) is 18.6 Å². The third-order valence-corrected chi connectivity index (χ3v) is 2.12. The Bertz CT molecular complexity index is 396. The van der Waals surface area contributed by atoms with E-state index >= 15 is 0 Å². The molecule has 2 atom stereocenters. The number of hydrogen-bond donors (Lipinski definition) is 4. The molecule has 2 unspecified atom stereocenters. The summed E-state index contributed by atoms with van der Waals surface area (Å²) in [7, 11) is 0. The zero-order valence-electron chi connectivity index (χ0n) is 8.30. The van der Waals surface area contributed by atoms with E-state index in [4.69, 9.17) is 10.8 Å². The van der Waals surface area contributed by atoms with Crippen LogP contribution in [0.5, 0.6) is 0 Å². The van der Waals surface area contributed by atoms with Gasteiger partial charge in [-0.3, -0.25) is 4.79 Å². The van der Waals surface area contributed by atoms with Crippen LogP contribution in [0.1, 0.15) is 18.1 Å². The smallest absolute Gasteiger partial charge is 0.306 e. The molecule has 88 valence electrons. The zero-order valence-corrected chi connectivity index (χ0v) is 8.30. The maximum atomic E-state index is 12.9. The fourth-order valence-corrected chi connectivity index (χ4v) is 1.30. The van der Waals surface area contributed by atoms with Crippen LogP contribution in [0.15, 0.2) is 18.2 Å². The summed E-state index contributed by atoms with van der Waals surface area (Å²) >= 11 is 0. The summed E-state index contributed by atoms with van der Waals surface area (Å²) in [6.07, 6.45) is -3.69. The maximum absolute atomic E-state index is 12.9. The van der Waals surface area contributed by atoms with Crippen molar-refractivity contribution in [1.29, 1.82) is 0 Å². The summed E-state index contributed by atoms with van der Waals surface area (Å²) in [5.41, 5.74) is 5.55. The Morgan fingerprint density at radius 1 is 1.44 bits per heavy atom. The van der Waals surface area contributed by atoms with Crippen LogP contribution in [0.2, 0.25) is 0 Å². The van der Waals surface area contributed by atoms with E-state index in [1.165, 1.54) is 6.07 Å². The fraction of sp³-hybridized carbons (Fsp3) is 0.300. The highest BCUT2D eigenvalue weighted by molar-refractivity contribution is 5.67. The van der Waals surface area contributed by atoms with Crippen LogP contribution in [0, 0.1) is 5.82 Å². The molecule has 16 heavy (non-hydrogen) atoms. The van der Waals surface area contributed by atoms with Gasteiger partial charge in [0, 0.05) is 11.3 Å². The molecule has 6 heteroatoms. The average Bonchev–Trinajstić information content (AvgIpc) is 2.19. The third kappa shape index (κ3) is 2.91. The minimum absolute atomic E-state index is 0.0197. The summed E-state index contributed by atoms with van der Waals surface area (Å²) in [6.45, 7) is 0. The number of nitrogen functional groups attached to an aromatic ring is 1. The molecule has 0 amide bonds. The topological polar surface area (TPSA) is 104 Å². The van der Waals surface area contributed by atoms with Gasteiger partial charge in [-0.1, -0.05) is 0 Å². The highest BCUT2D eigenvalue weighted by atomic mass is 19.1. The highest BCUT2D eigenvalue weighted by Gasteiger charge is 2.23. The van der Waals surface area contributed by atoms with Crippen LogP contribution in [-0.4, -0.2) is 27.4 Å². The van der Waals surface area contributed by atoms with Crippen molar-refractivity contribution in [2.75, 3.05) is 5.73 Å². The van der Waals surface area contributed by atoms with Crippen LogP contribution >= 0.6 is 0 Å². The lowest BCUT2D eigenvalue weighted by Crippen LogP contribution is -2.22. The molecule has 0 heterocycles. The first kappa shape index (κ1) is 12.4. The molecule has 0 aliphatic heterocycles. The molecule has 1 aromatic rings. The van der Waals surface area contributed by atoms with Gasteiger partial charge in [0.25, 0.3) is 0 Å². The van der Waals surface area contributed by atoms with E-state index in [0.29, 0.717) is 0 Å². The molecule has 0 aliphatic carbocycles. The van der Waals surface area contributed by atoms with Crippen molar-refractivity contribution in [2.24, 2.45) is 0 Å². The van der Waals surface area contributed by atoms with Crippen LogP contribution in [-0.2, 0) is 4.79 Å². The average molecular weight is 229 g/mol. The van der Waals surface area contributed by atoms with Gasteiger partial charge in [-0.15, -0.1) is 0 Å². The van der Waals surface area contributed by atoms with Crippen molar-refractivity contribution in [3.8, 4) is 0 Å². The number of nitrogens with two attached hydrogens (primary N) is 1. The number of carbonyl (C=O) groups is 1. The second-order valence-corrected chi connectivity index (χ2v) is 3.38. The first-order valence-corrected chi connectivity index (χ1v) is 4.54. The van der Waals surface area contributed by atoms with Gasteiger partial charge in [0.15, 0.2) is 0 Å². The molecule has 0 aromatic heterocycles. The summed E-state index contributed by atoms with van der Waals surface area (Å²) in [6, 6.07) is 3.31. The SMILES string of the molecule is Nc1ccc(F)cc1C(O)C(O)CC(=O)O. The molecule has 5 nitrogen and oxygen atoms in total. The Morgan fingerprint density at radius 2 is 2.06 bits per heavy atom. The Balaban J connectivity index is 2.90. The van der Waals surface area contributed by atoms with Crippen molar-refractivity contribution in [3.63, 3.8) is 0 Å². The van der Waals surface area contributed by atoms with Crippen molar-refractivity contribution in [1.82, 2.24) is 0 Å². The Hall–Kier alpha value is -1.66. The number of carboxylic acids is 1. The van der Waals surface area contributed by atoms with E-state index in [-0.39, 0.29) is 11.3 Å². The number of hydrogen-bond acceptors (Lipinski definition) is 4. The molecule has 0 saturated carbocycles. The van der Waals surface area contributed by atoms with Crippen molar-refractivity contribution < 1.29 is 24.5 Å². The number of halogens is 1. The molecular formula is C10H12FNO4. The van der Waals surface area contributed by atoms with Gasteiger partial charge in [-0.2, -0.15) is 0 Å². The van der Waals surface area contributed by atoms with Crippen molar-refractivity contribution in [3.05, 3.63) is 29.6 Å².